The molecule has 0 amide bonds. The first kappa shape index (κ1) is 16.3. The van der Waals surface area contributed by atoms with Gasteiger partial charge in [0.25, 0.3) is 0 Å². The van der Waals surface area contributed by atoms with Gasteiger partial charge in [0.15, 0.2) is 11.5 Å². The summed E-state index contributed by atoms with van der Waals surface area (Å²) >= 11 is 0. The highest BCUT2D eigenvalue weighted by molar-refractivity contribution is 5.85. The molecule has 5 N–H and O–H groups in total. The van der Waals surface area contributed by atoms with Crippen molar-refractivity contribution in [1.29, 1.82) is 0 Å². The Morgan fingerprint density at radius 3 is 2.55 bits per heavy atom. The Kier molecular flexibility index (Phi) is 5.00. The van der Waals surface area contributed by atoms with Crippen molar-refractivity contribution in [1.82, 2.24) is 5.32 Å². The number of benzene rings is 2. The minimum atomic E-state index is -0.102. The molecule has 2 aromatic rings. The third-order valence-corrected chi connectivity index (χ3v) is 3.69. The van der Waals surface area contributed by atoms with Crippen LogP contribution in [0.25, 0.3) is 0 Å². The van der Waals surface area contributed by atoms with Crippen LogP contribution in [-0.2, 0) is 6.42 Å². The number of rotatable bonds is 3. The Hall–Kier alpha value is -2.11. The van der Waals surface area contributed by atoms with Crippen molar-refractivity contribution in [2.45, 2.75) is 12.5 Å². The number of nitrogens with one attached hydrogen (secondary N) is 1. The summed E-state index contributed by atoms with van der Waals surface area (Å²) < 4.78 is 5.77. The van der Waals surface area contributed by atoms with Gasteiger partial charge in [-0.2, -0.15) is 0 Å². The number of hydrogen-bond acceptors (Lipinski definition) is 5. The number of phenolic OH excluding ortho intramolecular Hbond substituents is 2. The summed E-state index contributed by atoms with van der Waals surface area (Å²) in [5.41, 5.74) is 8.34. The second kappa shape index (κ2) is 6.77. The van der Waals surface area contributed by atoms with Crippen molar-refractivity contribution in [3.63, 3.8) is 0 Å². The van der Waals surface area contributed by atoms with Gasteiger partial charge in [-0.05, 0) is 60.5 Å². The summed E-state index contributed by atoms with van der Waals surface area (Å²) in [6, 6.07) is 10.5. The Bertz CT molecular complexity index is 647. The molecule has 5 nitrogen and oxygen atoms in total. The molecule has 0 aliphatic carbocycles. The zero-order chi connectivity index (χ0) is 14.8. The highest BCUT2D eigenvalue weighted by Crippen LogP contribution is 2.33. The molecular formula is C16H19ClN2O3. The third-order valence-electron chi connectivity index (χ3n) is 3.69. The lowest BCUT2D eigenvalue weighted by Gasteiger charge is -2.27. The zero-order valence-electron chi connectivity index (χ0n) is 12.0. The van der Waals surface area contributed by atoms with E-state index in [4.69, 9.17) is 10.5 Å². The molecule has 0 saturated heterocycles. The van der Waals surface area contributed by atoms with Crippen molar-refractivity contribution in [2.24, 2.45) is 0 Å². The third kappa shape index (κ3) is 3.37. The van der Waals surface area contributed by atoms with Crippen LogP contribution in [0.1, 0.15) is 17.2 Å². The second-order valence-corrected chi connectivity index (χ2v) is 5.18. The van der Waals surface area contributed by atoms with Crippen LogP contribution in [0.15, 0.2) is 36.4 Å². The van der Waals surface area contributed by atoms with Crippen LogP contribution in [0.5, 0.6) is 17.2 Å². The van der Waals surface area contributed by atoms with E-state index in [1.165, 1.54) is 0 Å². The number of anilines is 1. The molecule has 22 heavy (non-hydrogen) atoms. The Morgan fingerprint density at radius 2 is 1.82 bits per heavy atom. The molecular weight excluding hydrogens is 304 g/mol. The van der Waals surface area contributed by atoms with Crippen LogP contribution in [0.4, 0.5) is 5.69 Å². The minimum absolute atomic E-state index is 0. The topological polar surface area (TPSA) is 87.7 Å². The van der Waals surface area contributed by atoms with Gasteiger partial charge in [-0.3, -0.25) is 0 Å². The van der Waals surface area contributed by atoms with Gasteiger partial charge >= 0.3 is 0 Å². The number of phenols is 2. The van der Waals surface area contributed by atoms with Gasteiger partial charge in [0.05, 0.1) is 6.04 Å². The summed E-state index contributed by atoms with van der Waals surface area (Å²) in [4.78, 5) is 0. The SMILES string of the molecule is Cl.Nc1ccc(OCC2NCCc3cc(O)c(O)cc32)cc1. The smallest absolute Gasteiger partial charge is 0.157 e. The van der Waals surface area contributed by atoms with Crippen molar-refractivity contribution < 1.29 is 14.9 Å². The lowest BCUT2D eigenvalue weighted by Crippen LogP contribution is -2.33. The van der Waals surface area contributed by atoms with Gasteiger partial charge < -0.3 is 26.0 Å². The minimum Gasteiger partial charge on any atom is -0.504 e. The van der Waals surface area contributed by atoms with E-state index in [1.807, 2.05) is 12.1 Å². The highest BCUT2D eigenvalue weighted by atomic mass is 35.5. The van der Waals surface area contributed by atoms with Gasteiger partial charge in [0.1, 0.15) is 12.4 Å². The molecule has 0 bridgehead atoms. The van der Waals surface area contributed by atoms with E-state index >= 15 is 0 Å². The molecule has 1 atom stereocenters. The van der Waals surface area contributed by atoms with Crippen molar-refractivity contribution >= 4 is 18.1 Å². The van der Waals surface area contributed by atoms with Crippen LogP contribution >= 0.6 is 12.4 Å². The molecule has 0 fully saturated rings. The molecule has 118 valence electrons. The van der Waals surface area contributed by atoms with Gasteiger partial charge in [-0.15, -0.1) is 12.4 Å². The van der Waals surface area contributed by atoms with E-state index in [9.17, 15) is 10.2 Å². The average molecular weight is 323 g/mol. The molecule has 6 heteroatoms. The van der Waals surface area contributed by atoms with E-state index < -0.39 is 0 Å². The zero-order valence-corrected chi connectivity index (χ0v) is 12.8. The molecule has 0 aromatic heterocycles. The Morgan fingerprint density at radius 1 is 1.14 bits per heavy atom. The highest BCUT2D eigenvalue weighted by Gasteiger charge is 2.22. The van der Waals surface area contributed by atoms with E-state index in [1.54, 1.807) is 24.3 Å². The molecule has 3 rings (SSSR count). The lowest BCUT2D eigenvalue weighted by molar-refractivity contribution is 0.260. The fourth-order valence-corrected chi connectivity index (χ4v) is 2.56. The summed E-state index contributed by atoms with van der Waals surface area (Å²) in [5.74, 6) is 0.574. The van der Waals surface area contributed by atoms with Gasteiger partial charge in [-0.25, -0.2) is 0 Å². The first-order chi connectivity index (χ1) is 10.1. The van der Waals surface area contributed by atoms with E-state index in [-0.39, 0.29) is 29.9 Å². The van der Waals surface area contributed by atoms with Crippen LogP contribution in [0, 0.1) is 0 Å². The van der Waals surface area contributed by atoms with E-state index in [0.717, 1.165) is 29.8 Å². The number of halogens is 1. The molecule has 2 aromatic carbocycles. The first-order valence-corrected chi connectivity index (χ1v) is 6.90. The van der Waals surface area contributed by atoms with Crippen LogP contribution in [0.3, 0.4) is 0 Å². The molecule has 0 saturated carbocycles. The quantitative estimate of drug-likeness (QED) is 0.515. The maximum Gasteiger partial charge on any atom is 0.157 e. The molecule has 1 unspecified atom stereocenters. The maximum atomic E-state index is 9.68. The summed E-state index contributed by atoms with van der Waals surface area (Å²) in [5, 5.41) is 22.6. The maximum absolute atomic E-state index is 9.68. The predicted molar refractivity (Wildman–Crippen MR) is 87.8 cm³/mol. The van der Waals surface area contributed by atoms with Crippen LogP contribution in [0.2, 0.25) is 0 Å². The van der Waals surface area contributed by atoms with Crippen molar-refractivity contribution in [3.05, 3.63) is 47.5 Å². The summed E-state index contributed by atoms with van der Waals surface area (Å²) in [7, 11) is 0. The second-order valence-electron chi connectivity index (χ2n) is 5.18. The monoisotopic (exact) mass is 322 g/mol. The first-order valence-electron chi connectivity index (χ1n) is 6.90. The largest absolute Gasteiger partial charge is 0.504 e. The normalized spacial score (nSPS) is 16.5. The van der Waals surface area contributed by atoms with Crippen molar-refractivity contribution in [3.8, 4) is 17.2 Å². The molecule has 1 aliphatic rings. The molecule has 0 radical (unpaired) electrons. The van der Waals surface area contributed by atoms with Gasteiger partial charge in [-0.1, -0.05) is 0 Å². The Labute approximate surface area is 135 Å². The van der Waals surface area contributed by atoms with Crippen LogP contribution < -0.4 is 15.8 Å². The fraction of sp³-hybridized carbons (Fsp3) is 0.250. The van der Waals surface area contributed by atoms with E-state index in [2.05, 4.69) is 5.32 Å². The standard InChI is InChI=1S/C16H18N2O3.ClH/c17-11-1-3-12(4-2-11)21-9-14-13-8-16(20)15(19)7-10(13)5-6-18-14;/h1-4,7-8,14,18-20H,5-6,9,17H2;1H. The van der Waals surface area contributed by atoms with Gasteiger partial charge in [0, 0.05) is 5.69 Å². The molecule has 0 spiro atoms. The molecule has 1 aliphatic heterocycles. The number of aromatic hydroxyl groups is 2. The number of nitrogen functional groups attached to an aromatic ring is 1. The molecule has 1 heterocycles. The van der Waals surface area contributed by atoms with Gasteiger partial charge in [0.2, 0.25) is 0 Å². The number of fused-ring (bicyclic) bond motifs is 1. The van der Waals surface area contributed by atoms with E-state index in [0.29, 0.717) is 12.3 Å². The summed E-state index contributed by atoms with van der Waals surface area (Å²) in [6.07, 6.45) is 0.821. The predicted octanol–water partition coefficient (Wildman–Crippen LogP) is 2.37. The average Bonchev–Trinajstić information content (AvgIpc) is 2.48. The number of hydrogen-bond donors (Lipinski definition) is 4. The summed E-state index contributed by atoms with van der Waals surface area (Å²) in [6.45, 7) is 1.26. The number of ether oxygens (including phenoxy) is 1. The van der Waals surface area contributed by atoms with Crippen molar-refractivity contribution in [2.75, 3.05) is 18.9 Å². The number of nitrogens with two attached hydrogens (primary N) is 1. The Balaban J connectivity index is 0.00000176. The van der Waals surface area contributed by atoms with Crippen LogP contribution in [-0.4, -0.2) is 23.4 Å². The fourth-order valence-electron chi connectivity index (χ4n) is 2.56. The lowest BCUT2D eigenvalue weighted by atomic mass is 9.94.